The van der Waals surface area contributed by atoms with E-state index in [1.165, 1.54) is 77.0 Å². The average Bonchev–Trinajstić information content (AvgIpc) is 2.66. The van der Waals surface area contributed by atoms with Crippen LogP contribution >= 0.6 is 0 Å². The third-order valence-corrected chi connectivity index (χ3v) is 7.20. The molecule has 0 aromatic rings. The molecule has 0 heterocycles. The monoisotopic (exact) mass is 578 g/mol. The van der Waals surface area contributed by atoms with Crippen LogP contribution in [0.25, 0.3) is 0 Å². The van der Waals surface area contributed by atoms with Crippen LogP contribution in [0.5, 0.6) is 0 Å². The van der Waals surface area contributed by atoms with E-state index in [0.717, 1.165) is 25.7 Å². The number of hydrogen-bond donors (Lipinski definition) is 0. The molecule has 0 fully saturated rings. The van der Waals surface area contributed by atoms with Gasteiger partial charge in [0, 0.05) is 0 Å². The Hall–Kier alpha value is -0.138. The molecule has 0 aliphatic rings. The number of carbonyl (C=O) groups is 2. The molecule has 0 unspecified atom stereocenters. The summed E-state index contributed by atoms with van der Waals surface area (Å²) < 4.78 is 10.3. The summed E-state index contributed by atoms with van der Waals surface area (Å²) in [5.74, 6) is -0.353. The van der Waals surface area contributed by atoms with Crippen LogP contribution in [-0.4, -0.2) is 37.1 Å². The van der Waals surface area contributed by atoms with Crippen molar-refractivity contribution < 1.29 is 15.0 Å². The topological polar surface area (TPSA) is 52.6 Å². The Morgan fingerprint density at radius 2 is 0.815 bits per heavy atom. The zero-order valence-corrected chi connectivity index (χ0v) is 21.7. The van der Waals surface area contributed by atoms with Crippen molar-refractivity contribution in [3.8, 4) is 0 Å². The van der Waals surface area contributed by atoms with Crippen molar-refractivity contribution in [2.24, 2.45) is 0 Å². The quantitative estimate of drug-likeness (QED) is 0.120. The van der Waals surface area contributed by atoms with Crippen LogP contribution in [0.2, 0.25) is 0 Å². The molecule has 0 spiro atoms. The maximum absolute atomic E-state index is 11.6. The number of hydrogen-bond acceptors (Lipinski definition) is 4. The Bertz CT molecular complexity index is 315. The van der Waals surface area contributed by atoms with E-state index in [-0.39, 0.29) is 11.9 Å². The van der Waals surface area contributed by atoms with Crippen molar-refractivity contribution in [3.05, 3.63) is 0 Å². The van der Waals surface area contributed by atoms with Crippen LogP contribution in [-0.2, 0) is 15.0 Å². The summed E-state index contributed by atoms with van der Waals surface area (Å²) in [4.78, 5) is 23.3. The predicted molar refractivity (Wildman–Crippen MR) is 112 cm³/mol. The van der Waals surface area contributed by atoms with Gasteiger partial charge in [-0.3, -0.25) is 0 Å². The summed E-state index contributed by atoms with van der Waals surface area (Å²) in [5.41, 5.74) is 0. The van der Waals surface area contributed by atoms with Crippen molar-refractivity contribution in [3.63, 3.8) is 0 Å². The van der Waals surface area contributed by atoms with E-state index in [4.69, 9.17) is 5.37 Å². The molecule has 27 heavy (non-hydrogen) atoms. The van der Waals surface area contributed by atoms with E-state index < -0.39 is 25.1 Å². The molecule has 158 valence electrons. The van der Waals surface area contributed by atoms with Crippen LogP contribution in [0.1, 0.15) is 129 Å². The molecular formula is C22H42O4Pb. The van der Waals surface area contributed by atoms with Gasteiger partial charge in [-0.25, -0.2) is 0 Å². The first-order chi connectivity index (χ1) is 13.2. The summed E-state index contributed by atoms with van der Waals surface area (Å²) in [6.45, 7) is 4.45. The first-order valence-electron chi connectivity index (χ1n) is 11.3. The van der Waals surface area contributed by atoms with Crippen LogP contribution in [0, 0.1) is 0 Å². The van der Waals surface area contributed by atoms with Crippen molar-refractivity contribution in [2.75, 3.05) is 0 Å². The Labute approximate surface area is 181 Å². The molecule has 0 saturated heterocycles. The summed E-state index contributed by atoms with van der Waals surface area (Å²) in [6, 6.07) is 0. The SMILES string of the molecule is CCCCCCCCCCC(=O)[O][Pb][O]C(=O)CCCCCCCCCC. The molecule has 4 nitrogen and oxygen atoms in total. The number of carbonyl (C=O) groups excluding carboxylic acids is 2. The third-order valence-electron chi connectivity index (χ3n) is 4.78. The van der Waals surface area contributed by atoms with E-state index in [1.54, 1.807) is 0 Å². The summed E-state index contributed by atoms with van der Waals surface area (Å²) in [6.07, 6.45) is 20.3. The van der Waals surface area contributed by atoms with Gasteiger partial charge in [0.25, 0.3) is 0 Å². The summed E-state index contributed by atoms with van der Waals surface area (Å²) in [5, 5.41) is 0. The fourth-order valence-electron chi connectivity index (χ4n) is 3.02. The Balaban J connectivity index is 3.31. The molecule has 0 aromatic carbocycles. The minimum atomic E-state index is -1.99. The van der Waals surface area contributed by atoms with Crippen molar-refractivity contribution in [2.45, 2.75) is 129 Å². The second kappa shape index (κ2) is 22.2. The standard InChI is InChI=1S/2C11H22O2.Pb/c2*1-2-3-4-5-6-7-8-9-10-11(12)13;/h2*2-10H2,1H3,(H,12,13);/q;;+2/p-2. The van der Waals surface area contributed by atoms with Gasteiger partial charge in [0.05, 0.1) is 0 Å². The van der Waals surface area contributed by atoms with Gasteiger partial charge in [-0.05, 0) is 0 Å². The average molecular weight is 578 g/mol. The van der Waals surface area contributed by atoms with Gasteiger partial charge in [0.2, 0.25) is 0 Å². The van der Waals surface area contributed by atoms with Gasteiger partial charge in [-0.2, -0.15) is 0 Å². The molecule has 0 saturated carbocycles. The van der Waals surface area contributed by atoms with Crippen molar-refractivity contribution >= 4 is 37.1 Å². The van der Waals surface area contributed by atoms with Gasteiger partial charge in [0.15, 0.2) is 0 Å². The van der Waals surface area contributed by atoms with Gasteiger partial charge >= 0.3 is 181 Å². The molecule has 5 heteroatoms. The van der Waals surface area contributed by atoms with E-state index in [2.05, 4.69) is 13.8 Å². The number of rotatable bonds is 20. The van der Waals surface area contributed by atoms with Gasteiger partial charge in [-0.15, -0.1) is 0 Å². The molecule has 0 aliphatic carbocycles. The number of unbranched alkanes of at least 4 members (excludes halogenated alkanes) is 14. The van der Waals surface area contributed by atoms with Gasteiger partial charge in [-0.1, -0.05) is 0 Å². The van der Waals surface area contributed by atoms with Crippen molar-refractivity contribution in [1.82, 2.24) is 0 Å². The second-order valence-electron chi connectivity index (χ2n) is 7.48. The normalized spacial score (nSPS) is 10.7. The Morgan fingerprint density at radius 3 is 1.15 bits per heavy atom. The maximum atomic E-state index is 11.6. The zero-order valence-electron chi connectivity index (χ0n) is 17.9. The van der Waals surface area contributed by atoms with E-state index in [1.807, 2.05) is 0 Å². The molecule has 0 rings (SSSR count). The van der Waals surface area contributed by atoms with Crippen LogP contribution in [0.3, 0.4) is 0 Å². The molecule has 0 amide bonds. The Kier molecular flexibility index (Phi) is 22.0. The van der Waals surface area contributed by atoms with Crippen LogP contribution in [0.15, 0.2) is 0 Å². The third kappa shape index (κ3) is 22.0. The second-order valence-corrected chi connectivity index (χ2v) is 9.72. The summed E-state index contributed by atoms with van der Waals surface area (Å²) in [7, 11) is 0. The molecular weight excluding hydrogens is 535 g/mol. The predicted octanol–water partition coefficient (Wildman–Crippen LogP) is 6.67. The van der Waals surface area contributed by atoms with E-state index in [0.29, 0.717) is 12.8 Å². The molecule has 0 N–H and O–H groups in total. The zero-order chi connectivity index (χ0) is 20.0. The van der Waals surface area contributed by atoms with Gasteiger partial charge in [0.1, 0.15) is 0 Å². The fraction of sp³-hybridized carbons (Fsp3) is 0.909. The van der Waals surface area contributed by atoms with Gasteiger partial charge < -0.3 is 0 Å². The fourth-order valence-corrected chi connectivity index (χ4v) is 4.70. The van der Waals surface area contributed by atoms with E-state index >= 15 is 0 Å². The molecule has 0 bridgehead atoms. The first-order valence-corrected chi connectivity index (χ1v) is 14.5. The first kappa shape index (κ1) is 26.9. The van der Waals surface area contributed by atoms with Crippen LogP contribution in [0.4, 0.5) is 0 Å². The molecule has 0 aliphatic heterocycles. The molecule has 0 aromatic heterocycles. The molecule has 2 radical (unpaired) electrons. The van der Waals surface area contributed by atoms with Crippen LogP contribution < -0.4 is 0 Å². The molecule has 0 atom stereocenters. The summed E-state index contributed by atoms with van der Waals surface area (Å²) >= 11 is -1.99. The van der Waals surface area contributed by atoms with Crippen molar-refractivity contribution in [1.29, 1.82) is 0 Å². The minimum absolute atomic E-state index is 0.177. The Morgan fingerprint density at radius 1 is 0.519 bits per heavy atom. The van der Waals surface area contributed by atoms with E-state index in [9.17, 15) is 9.59 Å².